The van der Waals surface area contributed by atoms with Gasteiger partial charge in [0.1, 0.15) is 5.75 Å². The number of amides is 2. The van der Waals surface area contributed by atoms with Crippen LogP contribution in [0.15, 0.2) is 60.2 Å². The molecule has 0 saturated carbocycles. The molecule has 0 aliphatic heterocycles. The van der Waals surface area contributed by atoms with Crippen LogP contribution in [0.25, 0.3) is 0 Å². The van der Waals surface area contributed by atoms with E-state index in [1.54, 1.807) is 18.2 Å². The van der Waals surface area contributed by atoms with Crippen LogP contribution < -0.4 is 20.8 Å². The van der Waals surface area contributed by atoms with E-state index in [0.29, 0.717) is 17.2 Å². The zero-order chi connectivity index (χ0) is 20.4. The number of hydrazone groups is 1. The van der Waals surface area contributed by atoms with E-state index in [4.69, 9.17) is 16.3 Å². The summed E-state index contributed by atoms with van der Waals surface area (Å²) in [7, 11) is 0. The third-order valence-corrected chi connectivity index (χ3v) is 3.68. The number of carbonyl (C=O) groups excluding carboxylic acids is 2. The second kappa shape index (κ2) is 10.7. The first kappa shape index (κ1) is 21.0. The molecule has 0 heterocycles. The zero-order valence-corrected chi connectivity index (χ0v) is 16.1. The molecule has 0 bridgehead atoms. The van der Waals surface area contributed by atoms with Gasteiger partial charge in [0, 0.05) is 28.5 Å². The molecule has 8 heteroatoms. The second-order valence-corrected chi connectivity index (χ2v) is 5.95. The van der Waals surface area contributed by atoms with Crippen molar-refractivity contribution in [2.24, 2.45) is 5.10 Å². The van der Waals surface area contributed by atoms with Gasteiger partial charge in [-0.1, -0.05) is 17.7 Å². The number of carbonyl (C=O) groups is 2. The minimum absolute atomic E-state index is 0.195. The Balaban J connectivity index is 2.08. The van der Waals surface area contributed by atoms with E-state index in [1.165, 1.54) is 12.3 Å². The van der Waals surface area contributed by atoms with Crippen LogP contribution in [-0.2, 0) is 9.59 Å². The number of rotatable bonds is 8. The van der Waals surface area contributed by atoms with Crippen molar-refractivity contribution in [3.8, 4) is 5.75 Å². The topological polar surface area (TPSA) is 91.8 Å². The fourth-order valence-corrected chi connectivity index (χ4v) is 2.35. The molecule has 146 valence electrons. The molecule has 28 heavy (non-hydrogen) atoms. The first-order chi connectivity index (χ1) is 13.5. The number of nitrogens with one attached hydrogen (secondary N) is 3. The Morgan fingerprint density at radius 3 is 2.61 bits per heavy atom. The van der Waals surface area contributed by atoms with E-state index >= 15 is 0 Å². The number of nitrogens with zero attached hydrogens (tertiary/aromatic N) is 1. The normalized spacial score (nSPS) is 10.4. The number of hydrogen-bond donors (Lipinski definition) is 3. The van der Waals surface area contributed by atoms with Crippen LogP contribution in [0.2, 0.25) is 5.02 Å². The van der Waals surface area contributed by atoms with Crippen LogP contribution in [0.1, 0.15) is 12.5 Å². The Morgan fingerprint density at radius 2 is 1.93 bits per heavy atom. The lowest BCUT2D eigenvalue weighted by atomic mass is 10.2. The summed E-state index contributed by atoms with van der Waals surface area (Å²) in [4.78, 5) is 23.1. The lowest BCUT2D eigenvalue weighted by Crippen LogP contribution is -2.37. The van der Waals surface area contributed by atoms with Crippen molar-refractivity contribution in [1.29, 1.82) is 0 Å². The van der Waals surface area contributed by atoms with Crippen molar-refractivity contribution in [1.82, 2.24) is 10.7 Å². The lowest BCUT2D eigenvalue weighted by Gasteiger charge is -2.11. The summed E-state index contributed by atoms with van der Waals surface area (Å²) < 4.78 is 5.43. The number of anilines is 2. The number of benzene rings is 2. The highest BCUT2D eigenvalue weighted by Gasteiger charge is 2.10. The van der Waals surface area contributed by atoms with Gasteiger partial charge in [0.15, 0.2) is 0 Å². The average Bonchev–Trinajstić information content (AvgIpc) is 2.69. The first-order valence-corrected chi connectivity index (χ1v) is 8.93. The maximum absolute atomic E-state index is 11.6. The molecule has 0 radical (unpaired) electrons. The lowest BCUT2D eigenvalue weighted by molar-refractivity contribution is -0.139. The first-order valence-electron chi connectivity index (χ1n) is 8.55. The largest absolute Gasteiger partial charge is 0.494 e. The number of ether oxygens (including phenoxy) is 1. The Kier molecular flexibility index (Phi) is 8.05. The van der Waals surface area contributed by atoms with E-state index in [1.807, 2.05) is 31.2 Å². The molecule has 3 N–H and O–H groups in total. The van der Waals surface area contributed by atoms with Crippen molar-refractivity contribution in [3.05, 3.63) is 65.7 Å². The van der Waals surface area contributed by atoms with E-state index in [2.05, 4.69) is 27.7 Å². The predicted octanol–water partition coefficient (Wildman–Crippen LogP) is 3.23. The third kappa shape index (κ3) is 6.44. The molecular formula is C20H21ClN4O3. The summed E-state index contributed by atoms with van der Waals surface area (Å²) in [6, 6.07) is 12.7. The van der Waals surface area contributed by atoms with Gasteiger partial charge in [-0.15, -0.1) is 6.58 Å². The van der Waals surface area contributed by atoms with Gasteiger partial charge in [-0.25, -0.2) is 5.43 Å². The average molecular weight is 401 g/mol. The molecule has 2 amide bonds. The molecule has 2 aromatic rings. The van der Waals surface area contributed by atoms with Crippen LogP contribution in [0.4, 0.5) is 11.4 Å². The van der Waals surface area contributed by atoms with Gasteiger partial charge < -0.3 is 15.4 Å². The molecule has 0 aliphatic carbocycles. The minimum atomic E-state index is -0.874. The molecule has 0 fully saturated rings. The molecule has 0 atom stereocenters. The summed E-state index contributed by atoms with van der Waals surface area (Å²) in [6.07, 6.45) is 2.88. The molecular weight excluding hydrogens is 380 g/mol. The fraction of sp³-hybridized carbons (Fsp3) is 0.150. The quantitative estimate of drug-likeness (QED) is 0.274. The van der Waals surface area contributed by atoms with Crippen molar-refractivity contribution in [3.63, 3.8) is 0 Å². The Hall–Kier alpha value is -3.32. The highest BCUT2D eigenvalue weighted by molar-refractivity contribution is 6.35. The van der Waals surface area contributed by atoms with Gasteiger partial charge in [0.05, 0.1) is 12.8 Å². The van der Waals surface area contributed by atoms with Crippen LogP contribution >= 0.6 is 11.6 Å². The molecule has 0 aliphatic rings. The van der Waals surface area contributed by atoms with Gasteiger partial charge in [-0.2, -0.15) is 5.10 Å². The number of halogens is 1. The van der Waals surface area contributed by atoms with Crippen molar-refractivity contribution >= 4 is 41.0 Å². The standard InChI is InChI=1S/C20H21ClN4O3/c1-3-11-22-19(26)20(27)25-23-13-14-12-15(21)5-10-18(14)24-16-6-8-17(9-7-16)28-4-2/h3,5-10,12-13,24H,1,4,11H2,2H3,(H,22,26)(H,25,27)/b23-13-. The van der Waals surface area contributed by atoms with Crippen LogP contribution in [0.3, 0.4) is 0 Å². The van der Waals surface area contributed by atoms with Gasteiger partial charge in [-0.05, 0) is 49.4 Å². The van der Waals surface area contributed by atoms with E-state index < -0.39 is 11.8 Å². The molecule has 0 unspecified atom stereocenters. The summed E-state index contributed by atoms with van der Waals surface area (Å²) in [5.74, 6) is -0.889. The van der Waals surface area contributed by atoms with Gasteiger partial charge in [0.2, 0.25) is 0 Å². The summed E-state index contributed by atoms with van der Waals surface area (Å²) >= 11 is 6.06. The van der Waals surface area contributed by atoms with Gasteiger partial charge in [-0.3, -0.25) is 9.59 Å². The van der Waals surface area contributed by atoms with E-state index in [-0.39, 0.29) is 6.54 Å². The smallest absolute Gasteiger partial charge is 0.329 e. The fourth-order valence-electron chi connectivity index (χ4n) is 2.17. The van der Waals surface area contributed by atoms with Crippen LogP contribution in [-0.4, -0.2) is 31.2 Å². The predicted molar refractivity (Wildman–Crippen MR) is 111 cm³/mol. The molecule has 2 aromatic carbocycles. The van der Waals surface area contributed by atoms with Crippen LogP contribution in [0.5, 0.6) is 5.75 Å². The molecule has 2 rings (SSSR count). The van der Waals surface area contributed by atoms with Crippen molar-refractivity contribution < 1.29 is 14.3 Å². The molecule has 0 spiro atoms. The van der Waals surface area contributed by atoms with E-state index in [9.17, 15) is 9.59 Å². The Morgan fingerprint density at radius 1 is 1.18 bits per heavy atom. The minimum Gasteiger partial charge on any atom is -0.494 e. The Labute approximate surface area is 168 Å². The van der Waals surface area contributed by atoms with Crippen molar-refractivity contribution in [2.75, 3.05) is 18.5 Å². The summed E-state index contributed by atoms with van der Waals surface area (Å²) in [5.41, 5.74) is 4.37. The Bertz CT molecular complexity index is 866. The van der Waals surface area contributed by atoms with Crippen molar-refractivity contribution in [2.45, 2.75) is 6.92 Å². The highest BCUT2D eigenvalue weighted by atomic mass is 35.5. The zero-order valence-electron chi connectivity index (χ0n) is 15.4. The maximum atomic E-state index is 11.6. The third-order valence-electron chi connectivity index (χ3n) is 3.44. The molecule has 0 saturated heterocycles. The monoisotopic (exact) mass is 400 g/mol. The molecule has 7 nitrogen and oxygen atoms in total. The maximum Gasteiger partial charge on any atom is 0.329 e. The van der Waals surface area contributed by atoms with Gasteiger partial charge >= 0.3 is 11.8 Å². The van der Waals surface area contributed by atoms with E-state index in [0.717, 1.165) is 17.1 Å². The SMILES string of the molecule is C=CCNC(=O)C(=O)N/N=C\c1cc(Cl)ccc1Nc1ccc(OCC)cc1. The summed E-state index contributed by atoms with van der Waals surface area (Å²) in [5, 5.41) is 9.94. The molecule has 0 aromatic heterocycles. The second-order valence-electron chi connectivity index (χ2n) is 5.51. The number of hydrogen-bond acceptors (Lipinski definition) is 5. The summed E-state index contributed by atoms with van der Waals surface area (Å²) in [6.45, 7) is 6.18. The van der Waals surface area contributed by atoms with Crippen LogP contribution in [0, 0.1) is 0 Å². The van der Waals surface area contributed by atoms with Gasteiger partial charge in [0.25, 0.3) is 0 Å². The highest BCUT2D eigenvalue weighted by Crippen LogP contribution is 2.24.